The van der Waals surface area contributed by atoms with Crippen molar-refractivity contribution < 1.29 is 9.09 Å². The fraction of sp³-hybridized carbons (Fsp3) is 0.375. The van der Waals surface area contributed by atoms with Crippen molar-refractivity contribution in [2.45, 2.75) is 26.2 Å². The van der Waals surface area contributed by atoms with Crippen LogP contribution >= 0.6 is 19.0 Å². The molecule has 0 aliphatic heterocycles. The van der Waals surface area contributed by atoms with Crippen molar-refractivity contribution in [1.82, 2.24) is 0 Å². The molecule has 0 aliphatic rings. The summed E-state index contributed by atoms with van der Waals surface area (Å²) in [7, 11) is -2.69. The van der Waals surface area contributed by atoms with Gasteiger partial charge in [-0.2, -0.15) is 0 Å². The normalized spacial score (nSPS) is 13.8. The van der Waals surface area contributed by atoms with Crippen LogP contribution < -0.4 is 0 Å². The zero-order valence-electron chi connectivity index (χ0n) is 11.9. The molecular weight excluding hydrogens is 291 g/mol. The Labute approximate surface area is 126 Å². The molecule has 0 radical (unpaired) electrons. The number of hydrogen-bond acceptors (Lipinski definition) is 2. The van der Waals surface area contributed by atoms with Gasteiger partial charge in [0.15, 0.2) is 0 Å². The molecule has 0 N–H and O–H groups in total. The fourth-order valence-corrected chi connectivity index (χ4v) is 2.66. The molecule has 0 spiro atoms. The molecule has 0 saturated heterocycles. The number of allylic oxidation sites excluding steroid dienone is 1. The Morgan fingerprint density at radius 3 is 2.70 bits per heavy atom. The van der Waals surface area contributed by atoms with Gasteiger partial charge < -0.3 is 4.52 Å². The smallest absolute Gasteiger partial charge is 0.270 e. The van der Waals surface area contributed by atoms with Crippen LogP contribution in [0.3, 0.4) is 0 Å². The zero-order chi connectivity index (χ0) is 14.8. The summed E-state index contributed by atoms with van der Waals surface area (Å²) < 4.78 is 16.8. The van der Waals surface area contributed by atoms with E-state index in [1.54, 1.807) is 6.66 Å². The number of unbranched alkanes of at least 4 members (excludes halogenated alkanes) is 2. The second-order valence-electron chi connectivity index (χ2n) is 4.40. The second-order valence-corrected chi connectivity index (χ2v) is 7.01. The maximum Gasteiger partial charge on any atom is 0.270 e. The van der Waals surface area contributed by atoms with Gasteiger partial charge in [0, 0.05) is 18.1 Å². The van der Waals surface area contributed by atoms with Gasteiger partial charge >= 0.3 is 0 Å². The lowest BCUT2D eigenvalue weighted by Crippen LogP contribution is -1.84. The lowest BCUT2D eigenvalue weighted by molar-refractivity contribution is 0.345. The van der Waals surface area contributed by atoms with Gasteiger partial charge in [-0.25, -0.2) is 0 Å². The highest BCUT2D eigenvalue weighted by atomic mass is 35.5. The minimum atomic E-state index is -2.69. The number of hydrogen-bond donors (Lipinski definition) is 0. The maximum atomic E-state index is 11.7. The molecule has 2 nitrogen and oxygen atoms in total. The van der Waals surface area contributed by atoms with Crippen LogP contribution in [0, 0.1) is 11.6 Å². The van der Waals surface area contributed by atoms with Crippen molar-refractivity contribution >= 4 is 25.0 Å². The third-order valence-corrected chi connectivity index (χ3v) is 4.08. The van der Waals surface area contributed by atoms with Crippen LogP contribution in [-0.2, 0) is 9.09 Å². The highest BCUT2D eigenvalue weighted by Crippen LogP contribution is 2.40. The molecule has 1 aromatic carbocycles. The second kappa shape index (κ2) is 9.03. The summed E-state index contributed by atoms with van der Waals surface area (Å²) in [4.78, 5) is 0. The number of rotatable bonds is 6. The lowest BCUT2D eigenvalue weighted by atomic mass is 10.1. The van der Waals surface area contributed by atoms with E-state index in [-0.39, 0.29) is 0 Å². The van der Waals surface area contributed by atoms with Gasteiger partial charge in [-0.3, -0.25) is 4.57 Å². The van der Waals surface area contributed by atoms with Gasteiger partial charge in [0.2, 0.25) is 0 Å². The first-order chi connectivity index (χ1) is 9.53. The van der Waals surface area contributed by atoms with Crippen molar-refractivity contribution in [2.24, 2.45) is 0 Å². The van der Waals surface area contributed by atoms with Crippen LogP contribution in [0.2, 0.25) is 5.02 Å². The maximum absolute atomic E-state index is 11.7. The first-order valence-electron chi connectivity index (χ1n) is 6.68. The van der Waals surface area contributed by atoms with E-state index in [1.165, 1.54) is 0 Å². The molecule has 0 saturated carbocycles. The largest absolute Gasteiger partial charge is 0.320 e. The predicted octanol–water partition coefficient (Wildman–Crippen LogP) is 5.43. The van der Waals surface area contributed by atoms with Gasteiger partial charge in [0.25, 0.3) is 7.37 Å². The molecule has 1 atom stereocenters. The third-order valence-electron chi connectivity index (χ3n) is 2.51. The fourth-order valence-electron chi connectivity index (χ4n) is 1.58. The quantitative estimate of drug-likeness (QED) is 0.398. The summed E-state index contributed by atoms with van der Waals surface area (Å²) in [5.74, 6) is 2.93. The first kappa shape index (κ1) is 17.1. The van der Waals surface area contributed by atoms with E-state index in [0.29, 0.717) is 6.61 Å². The lowest BCUT2D eigenvalue weighted by Gasteiger charge is -2.02. The Hall–Kier alpha value is -1.00. The molecule has 1 aromatic rings. The number of benzene rings is 1. The van der Waals surface area contributed by atoms with E-state index in [9.17, 15) is 4.57 Å². The van der Waals surface area contributed by atoms with E-state index in [4.69, 9.17) is 16.1 Å². The van der Waals surface area contributed by atoms with Crippen LogP contribution in [-0.4, -0.2) is 13.3 Å². The van der Waals surface area contributed by atoms with E-state index < -0.39 is 7.37 Å². The Kier molecular flexibility index (Phi) is 7.70. The molecule has 20 heavy (non-hydrogen) atoms. The molecule has 1 rings (SSSR count). The van der Waals surface area contributed by atoms with Crippen LogP contribution in [0.5, 0.6) is 0 Å². The van der Waals surface area contributed by atoms with E-state index in [1.807, 2.05) is 31.2 Å². The van der Waals surface area contributed by atoms with Crippen molar-refractivity contribution in [3.63, 3.8) is 0 Å². The summed E-state index contributed by atoms with van der Waals surface area (Å²) >= 11 is 5.82. The van der Waals surface area contributed by atoms with Crippen molar-refractivity contribution in [3.05, 3.63) is 40.9 Å². The molecule has 0 fully saturated rings. The van der Waals surface area contributed by atoms with Crippen molar-refractivity contribution in [3.8, 4) is 11.6 Å². The van der Waals surface area contributed by atoms with Crippen LogP contribution in [0.1, 0.15) is 31.7 Å². The Morgan fingerprint density at radius 1 is 1.35 bits per heavy atom. The van der Waals surface area contributed by atoms with Crippen LogP contribution in [0.4, 0.5) is 0 Å². The summed E-state index contributed by atoms with van der Waals surface area (Å²) in [5, 5.41) is 0.746. The van der Waals surface area contributed by atoms with Crippen molar-refractivity contribution in [1.29, 1.82) is 0 Å². The van der Waals surface area contributed by atoms with E-state index >= 15 is 0 Å². The molecule has 4 heteroatoms. The Balaban J connectivity index is 2.27. The van der Waals surface area contributed by atoms with E-state index in [0.717, 1.165) is 29.8 Å². The minimum absolute atomic E-state index is 0.437. The molecule has 1 unspecified atom stereocenters. The topological polar surface area (TPSA) is 26.3 Å². The SMILES string of the molecule is CCOP(C)(=O)C#CCCC/C=C/c1ccc(Cl)cc1. The highest BCUT2D eigenvalue weighted by Gasteiger charge is 2.08. The Bertz CT molecular complexity index is 538. The van der Waals surface area contributed by atoms with Gasteiger partial charge in [0.1, 0.15) is 0 Å². The average molecular weight is 311 g/mol. The summed E-state index contributed by atoms with van der Waals surface area (Å²) in [6.07, 6.45) is 6.80. The molecule has 0 heterocycles. The van der Waals surface area contributed by atoms with Gasteiger partial charge in [0.05, 0.1) is 6.61 Å². The number of halogens is 1. The molecule has 0 aliphatic carbocycles. The third kappa shape index (κ3) is 7.56. The standard InChI is InChI=1S/C16H20ClO2P/c1-3-19-20(2,18)14-8-6-4-5-7-9-15-10-12-16(17)13-11-15/h7,9-13H,3-6H2,1-2H3/b9-7+. The van der Waals surface area contributed by atoms with Crippen LogP contribution in [0.25, 0.3) is 6.08 Å². The molecular formula is C16H20ClO2P. The zero-order valence-corrected chi connectivity index (χ0v) is 13.6. The molecule has 0 amide bonds. The Morgan fingerprint density at radius 2 is 2.05 bits per heavy atom. The minimum Gasteiger partial charge on any atom is -0.320 e. The van der Waals surface area contributed by atoms with Gasteiger partial charge in [-0.05, 0) is 43.1 Å². The average Bonchev–Trinajstić information content (AvgIpc) is 2.39. The summed E-state index contributed by atoms with van der Waals surface area (Å²) in [6, 6.07) is 7.71. The van der Waals surface area contributed by atoms with Crippen molar-refractivity contribution in [2.75, 3.05) is 13.3 Å². The molecule has 0 bridgehead atoms. The van der Waals surface area contributed by atoms with Gasteiger partial charge in [-0.1, -0.05) is 41.8 Å². The van der Waals surface area contributed by atoms with E-state index in [2.05, 4.69) is 23.7 Å². The first-order valence-corrected chi connectivity index (χ1v) is 9.13. The molecule has 0 aromatic heterocycles. The summed E-state index contributed by atoms with van der Waals surface area (Å²) in [5.41, 5.74) is 3.85. The summed E-state index contributed by atoms with van der Waals surface area (Å²) in [6.45, 7) is 3.82. The monoisotopic (exact) mass is 310 g/mol. The highest BCUT2D eigenvalue weighted by molar-refractivity contribution is 7.63. The van der Waals surface area contributed by atoms with Gasteiger partial charge in [-0.15, -0.1) is 0 Å². The van der Waals surface area contributed by atoms with Crippen LogP contribution in [0.15, 0.2) is 30.3 Å². The molecule has 108 valence electrons. The predicted molar refractivity (Wildman–Crippen MR) is 87.3 cm³/mol.